The summed E-state index contributed by atoms with van der Waals surface area (Å²) in [6, 6.07) is 12.6. The number of benzene rings is 2. The predicted octanol–water partition coefficient (Wildman–Crippen LogP) is 3.84. The van der Waals surface area contributed by atoms with Gasteiger partial charge in [-0.1, -0.05) is 18.9 Å². The maximum atomic E-state index is 13.0. The number of rotatable bonds is 2. The first-order valence-corrected chi connectivity index (χ1v) is 12.4. The van der Waals surface area contributed by atoms with E-state index in [-0.39, 0.29) is 11.3 Å². The van der Waals surface area contributed by atoms with Gasteiger partial charge in [0.1, 0.15) is 0 Å². The predicted molar refractivity (Wildman–Crippen MR) is 132 cm³/mol. The molecule has 0 amide bonds. The summed E-state index contributed by atoms with van der Waals surface area (Å²) in [6.07, 6.45) is 6.36. The van der Waals surface area contributed by atoms with Gasteiger partial charge in [0.2, 0.25) is 5.78 Å². The van der Waals surface area contributed by atoms with Crippen molar-refractivity contribution < 1.29 is 9.47 Å². The Morgan fingerprint density at radius 2 is 1.74 bits per heavy atom. The first-order chi connectivity index (χ1) is 16.6. The van der Waals surface area contributed by atoms with Gasteiger partial charge in [0.25, 0.3) is 5.56 Å². The molecule has 0 bridgehead atoms. The average Bonchev–Trinajstić information content (AvgIpc) is 3.59. The highest BCUT2D eigenvalue weighted by atomic mass is 16.7. The van der Waals surface area contributed by atoms with Gasteiger partial charge in [-0.3, -0.25) is 9.20 Å². The number of piperidine rings is 1. The second-order valence-corrected chi connectivity index (χ2v) is 9.87. The zero-order valence-electron chi connectivity index (χ0n) is 19.2. The average molecular weight is 460 g/mol. The number of ether oxygens (including phenoxy) is 2. The third kappa shape index (κ3) is 2.91. The van der Waals surface area contributed by atoms with Gasteiger partial charge in [-0.05, 0) is 43.2 Å². The molecule has 34 heavy (non-hydrogen) atoms. The Balaban J connectivity index is 1.42. The lowest BCUT2D eigenvalue weighted by atomic mass is 10.0. The zero-order chi connectivity index (χ0) is 22.9. The number of anilines is 2. The van der Waals surface area contributed by atoms with Crippen LogP contribution in [0.5, 0.6) is 0 Å². The molecule has 1 spiro atoms. The summed E-state index contributed by atoms with van der Waals surface area (Å²) < 4.78 is 16.3. The molecule has 1 saturated carbocycles. The summed E-state index contributed by atoms with van der Waals surface area (Å²) in [6.45, 7) is 3.17. The fraction of sp³-hybridized carbons (Fsp3) is 0.462. The highest BCUT2D eigenvalue weighted by Gasteiger charge is 2.40. The Morgan fingerprint density at radius 3 is 2.50 bits per heavy atom. The van der Waals surface area contributed by atoms with Crippen molar-refractivity contribution in [2.24, 2.45) is 0 Å². The van der Waals surface area contributed by atoms with E-state index in [1.807, 2.05) is 12.1 Å². The maximum Gasteiger partial charge on any atom is 0.284 e. The Labute approximate surface area is 196 Å². The van der Waals surface area contributed by atoms with E-state index in [4.69, 9.17) is 15.2 Å². The molecule has 1 aliphatic carbocycles. The van der Waals surface area contributed by atoms with E-state index < -0.39 is 0 Å². The van der Waals surface area contributed by atoms with Gasteiger partial charge in [0.15, 0.2) is 5.79 Å². The number of nitrogen functional groups attached to an aromatic ring is 1. The van der Waals surface area contributed by atoms with E-state index >= 15 is 0 Å². The van der Waals surface area contributed by atoms with Crippen LogP contribution in [-0.2, 0) is 9.47 Å². The van der Waals surface area contributed by atoms with Gasteiger partial charge in [0, 0.05) is 43.3 Å². The SMILES string of the molecule is Nc1cccc2c1c(=O)nc1n(C3CCCC3)c3cc(N4CCC5(CC4)OCCO5)ccc3n21. The zero-order valence-corrected chi connectivity index (χ0v) is 19.2. The molecule has 4 aromatic rings. The smallest absolute Gasteiger partial charge is 0.284 e. The minimum Gasteiger partial charge on any atom is -0.398 e. The number of hydrogen-bond donors (Lipinski definition) is 1. The summed E-state index contributed by atoms with van der Waals surface area (Å²) >= 11 is 0. The summed E-state index contributed by atoms with van der Waals surface area (Å²) in [5.74, 6) is 0.329. The van der Waals surface area contributed by atoms with Gasteiger partial charge in [0.05, 0.1) is 35.2 Å². The summed E-state index contributed by atoms with van der Waals surface area (Å²) in [5.41, 5.74) is 10.6. The molecule has 8 nitrogen and oxygen atoms in total. The lowest BCUT2D eigenvalue weighted by Gasteiger charge is -2.38. The van der Waals surface area contributed by atoms with E-state index in [0.29, 0.717) is 36.1 Å². The molecule has 2 aromatic heterocycles. The number of imidazole rings is 1. The fourth-order valence-electron chi connectivity index (χ4n) is 6.29. The summed E-state index contributed by atoms with van der Waals surface area (Å²) in [4.78, 5) is 20.0. The van der Waals surface area contributed by atoms with Crippen LogP contribution in [0.3, 0.4) is 0 Å². The summed E-state index contributed by atoms with van der Waals surface area (Å²) in [5, 5.41) is 0.493. The van der Waals surface area contributed by atoms with Crippen LogP contribution in [0.25, 0.3) is 27.7 Å². The van der Waals surface area contributed by atoms with Crippen molar-refractivity contribution in [2.45, 2.75) is 50.4 Å². The van der Waals surface area contributed by atoms with Gasteiger partial charge in [-0.2, -0.15) is 4.98 Å². The third-order valence-electron chi connectivity index (χ3n) is 8.00. The Morgan fingerprint density at radius 1 is 0.971 bits per heavy atom. The van der Waals surface area contributed by atoms with Crippen molar-refractivity contribution in [3.05, 3.63) is 46.8 Å². The highest BCUT2D eigenvalue weighted by Crippen LogP contribution is 2.38. The second kappa shape index (κ2) is 7.45. The van der Waals surface area contributed by atoms with E-state index in [1.54, 1.807) is 6.07 Å². The van der Waals surface area contributed by atoms with Crippen LogP contribution in [0.2, 0.25) is 0 Å². The van der Waals surface area contributed by atoms with Crippen molar-refractivity contribution in [2.75, 3.05) is 36.9 Å². The third-order valence-corrected chi connectivity index (χ3v) is 8.00. The monoisotopic (exact) mass is 459 g/mol. The van der Waals surface area contributed by atoms with Crippen molar-refractivity contribution in [1.29, 1.82) is 0 Å². The molecule has 0 radical (unpaired) electrons. The second-order valence-electron chi connectivity index (χ2n) is 9.87. The van der Waals surface area contributed by atoms with Gasteiger partial charge in [-0.25, -0.2) is 0 Å². The molecule has 2 N–H and O–H groups in total. The molecule has 0 unspecified atom stereocenters. The van der Waals surface area contributed by atoms with Crippen LogP contribution in [0.1, 0.15) is 44.6 Å². The standard InChI is InChI=1S/C26H29N5O3/c27-19-6-3-7-21-23(19)24(32)28-25-30(17-4-1-2-5-17)22-16-18(8-9-20(22)31(21)25)29-12-10-26(11-13-29)33-14-15-34-26/h3,6-9,16-17H,1-2,4-5,10-15,27H2. The van der Waals surface area contributed by atoms with Crippen molar-refractivity contribution >= 4 is 39.1 Å². The molecule has 176 valence electrons. The Hall–Kier alpha value is -3.10. The van der Waals surface area contributed by atoms with Crippen molar-refractivity contribution in [3.8, 4) is 0 Å². The van der Waals surface area contributed by atoms with E-state index in [1.165, 1.54) is 18.5 Å². The Bertz CT molecular complexity index is 1470. The number of hydrogen-bond acceptors (Lipinski definition) is 6. The highest BCUT2D eigenvalue weighted by molar-refractivity contribution is 5.95. The van der Waals surface area contributed by atoms with Crippen LogP contribution >= 0.6 is 0 Å². The number of nitrogens with two attached hydrogens (primary N) is 1. The first kappa shape index (κ1) is 20.3. The molecule has 2 aromatic carbocycles. The molecule has 2 saturated heterocycles. The fourth-order valence-corrected chi connectivity index (χ4v) is 6.29. The van der Waals surface area contributed by atoms with Crippen LogP contribution < -0.4 is 16.2 Å². The van der Waals surface area contributed by atoms with Crippen molar-refractivity contribution in [3.63, 3.8) is 0 Å². The van der Waals surface area contributed by atoms with Crippen LogP contribution in [0.4, 0.5) is 11.4 Å². The maximum absolute atomic E-state index is 13.0. The van der Waals surface area contributed by atoms with E-state index in [2.05, 4.69) is 37.1 Å². The first-order valence-electron chi connectivity index (χ1n) is 12.4. The lowest BCUT2D eigenvalue weighted by Crippen LogP contribution is -2.45. The molecule has 7 rings (SSSR count). The molecular formula is C26H29N5O3. The molecule has 2 aliphatic heterocycles. The minimum absolute atomic E-state index is 0.256. The largest absolute Gasteiger partial charge is 0.398 e. The van der Waals surface area contributed by atoms with Gasteiger partial charge < -0.3 is 24.7 Å². The molecule has 0 atom stereocenters. The Kier molecular flexibility index (Phi) is 4.45. The number of fused-ring (bicyclic) bond motifs is 5. The van der Waals surface area contributed by atoms with Crippen molar-refractivity contribution in [1.82, 2.24) is 14.0 Å². The van der Waals surface area contributed by atoms with Crippen LogP contribution in [-0.4, -0.2) is 46.0 Å². The normalized spacial score (nSPS) is 21.0. The molecule has 8 heteroatoms. The van der Waals surface area contributed by atoms with Gasteiger partial charge in [-0.15, -0.1) is 0 Å². The van der Waals surface area contributed by atoms with E-state index in [9.17, 15) is 4.79 Å². The molecule has 4 heterocycles. The minimum atomic E-state index is -0.386. The summed E-state index contributed by atoms with van der Waals surface area (Å²) in [7, 11) is 0. The molecule has 3 fully saturated rings. The number of aromatic nitrogens is 3. The van der Waals surface area contributed by atoms with Crippen LogP contribution in [0, 0.1) is 0 Å². The quantitative estimate of drug-likeness (QED) is 0.458. The van der Waals surface area contributed by atoms with Crippen LogP contribution in [0.15, 0.2) is 41.2 Å². The molecular weight excluding hydrogens is 430 g/mol. The van der Waals surface area contributed by atoms with Gasteiger partial charge >= 0.3 is 0 Å². The topological polar surface area (TPSA) is 87.0 Å². The van der Waals surface area contributed by atoms with E-state index in [0.717, 1.165) is 55.3 Å². The lowest BCUT2D eigenvalue weighted by molar-refractivity contribution is -0.169. The molecule has 3 aliphatic rings. The number of nitrogens with zero attached hydrogens (tertiary/aromatic N) is 4.